The predicted molar refractivity (Wildman–Crippen MR) is 85.6 cm³/mol. The van der Waals surface area contributed by atoms with Crippen molar-refractivity contribution in [1.82, 2.24) is 5.32 Å². The van der Waals surface area contributed by atoms with Crippen LogP contribution in [-0.2, 0) is 9.53 Å². The van der Waals surface area contributed by atoms with E-state index in [2.05, 4.69) is 26.0 Å². The molecule has 0 spiro atoms. The number of esters is 1. The van der Waals surface area contributed by atoms with Gasteiger partial charge in [-0.2, -0.15) is 0 Å². The molecular formula is C15H13BrClNO3. The summed E-state index contributed by atoms with van der Waals surface area (Å²) in [6.07, 6.45) is 0. The highest BCUT2D eigenvalue weighted by Gasteiger charge is 2.17. The third kappa shape index (κ3) is 3.95. The number of halogens is 2. The lowest BCUT2D eigenvalue weighted by Gasteiger charge is -2.09. The topological polar surface area (TPSA) is 55.4 Å². The van der Waals surface area contributed by atoms with Crippen LogP contribution in [0.25, 0.3) is 10.8 Å². The van der Waals surface area contributed by atoms with Gasteiger partial charge in [-0.1, -0.05) is 28.1 Å². The van der Waals surface area contributed by atoms with Gasteiger partial charge in [-0.15, -0.1) is 11.6 Å². The van der Waals surface area contributed by atoms with Gasteiger partial charge in [-0.05, 0) is 35.0 Å². The maximum absolute atomic E-state index is 12.0. The molecule has 0 aromatic heterocycles. The Morgan fingerprint density at radius 3 is 2.62 bits per heavy atom. The van der Waals surface area contributed by atoms with Crippen LogP contribution in [0.5, 0.6) is 0 Å². The molecule has 1 unspecified atom stereocenters. The van der Waals surface area contributed by atoms with Gasteiger partial charge < -0.3 is 10.1 Å². The van der Waals surface area contributed by atoms with Crippen molar-refractivity contribution < 1.29 is 14.3 Å². The van der Waals surface area contributed by atoms with Crippen molar-refractivity contribution in [3.8, 4) is 0 Å². The Morgan fingerprint density at radius 1 is 1.24 bits per heavy atom. The SMILES string of the molecule is COC(=O)C(Cl)CNC(=O)c1ccc2cc(Br)ccc2c1. The molecular weight excluding hydrogens is 358 g/mol. The molecule has 6 heteroatoms. The molecule has 4 nitrogen and oxygen atoms in total. The normalized spacial score (nSPS) is 12.0. The van der Waals surface area contributed by atoms with Gasteiger partial charge in [0.25, 0.3) is 5.91 Å². The van der Waals surface area contributed by atoms with Crippen LogP contribution < -0.4 is 5.32 Å². The minimum atomic E-state index is -0.893. The Balaban J connectivity index is 2.09. The lowest BCUT2D eigenvalue weighted by atomic mass is 10.1. The number of ether oxygens (including phenoxy) is 1. The van der Waals surface area contributed by atoms with E-state index in [9.17, 15) is 9.59 Å². The summed E-state index contributed by atoms with van der Waals surface area (Å²) in [5.74, 6) is -0.852. The third-order valence-corrected chi connectivity index (χ3v) is 3.79. The van der Waals surface area contributed by atoms with Crippen LogP contribution >= 0.6 is 27.5 Å². The largest absolute Gasteiger partial charge is 0.468 e. The summed E-state index contributed by atoms with van der Waals surface area (Å²) in [5.41, 5.74) is 0.513. The zero-order valence-electron chi connectivity index (χ0n) is 11.2. The summed E-state index contributed by atoms with van der Waals surface area (Å²) in [6.45, 7) is 0.0193. The highest BCUT2D eigenvalue weighted by molar-refractivity contribution is 9.10. The van der Waals surface area contributed by atoms with E-state index in [0.717, 1.165) is 15.2 Å². The molecule has 0 aliphatic carbocycles. The molecule has 0 aliphatic rings. The minimum absolute atomic E-state index is 0.0193. The number of fused-ring (bicyclic) bond motifs is 1. The molecule has 0 bridgehead atoms. The average molecular weight is 371 g/mol. The summed E-state index contributed by atoms with van der Waals surface area (Å²) in [6, 6.07) is 11.2. The third-order valence-electron chi connectivity index (χ3n) is 2.96. The van der Waals surface area contributed by atoms with E-state index in [-0.39, 0.29) is 12.5 Å². The molecule has 1 atom stereocenters. The summed E-state index contributed by atoms with van der Waals surface area (Å²) >= 11 is 9.18. The number of carbonyl (C=O) groups excluding carboxylic acids is 2. The minimum Gasteiger partial charge on any atom is -0.468 e. The molecule has 110 valence electrons. The number of alkyl halides is 1. The van der Waals surface area contributed by atoms with E-state index in [1.54, 1.807) is 12.1 Å². The van der Waals surface area contributed by atoms with Gasteiger partial charge in [0.15, 0.2) is 0 Å². The van der Waals surface area contributed by atoms with Gasteiger partial charge in [-0.3, -0.25) is 9.59 Å². The van der Waals surface area contributed by atoms with E-state index < -0.39 is 11.3 Å². The van der Waals surface area contributed by atoms with Crippen LogP contribution in [0.2, 0.25) is 0 Å². The number of nitrogens with one attached hydrogen (secondary N) is 1. The van der Waals surface area contributed by atoms with Crippen molar-refractivity contribution in [3.05, 3.63) is 46.4 Å². The fraction of sp³-hybridized carbons (Fsp3) is 0.200. The Morgan fingerprint density at radius 2 is 1.90 bits per heavy atom. The Hall–Kier alpha value is -1.59. The van der Waals surface area contributed by atoms with Crippen LogP contribution in [-0.4, -0.2) is 30.9 Å². The molecule has 1 amide bonds. The number of rotatable bonds is 4. The molecule has 2 aromatic rings. The summed E-state index contributed by atoms with van der Waals surface area (Å²) in [4.78, 5) is 23.2. The van der Waals surface area contributed by atoms with Crippen molar-refractivity contribution in [1.29, 1.82) is 0 Å². The van der Waals surface area contributed by atoms with E-state index in [4.69, 9.17) is 11.6 Å². The molecule has 0 heterocycles. The van der Waals surface area contributed by atoms with Crippen molar-refractivity contribution in [2.45, 2.75) is 5.38 Å². The van der Waals surface area contributed by atoms with Gasteiger partial charge in [-0.25, -0.2) is 0 Å². The van der Waals surface area contributed by atoms with Crippen molar-refractivity contribution in [3.63, 3.8) is 0 Å². The lowest BCUT2D eigenvalue weighted by molar-refractivity contribution is -0.140. The van der Waals surface area contributed by atoms with Crippen molar-refractivity contribution >= 4 is 50.2 Å². The number of carbonyl (C=O) groups is 2. The molecule has 0 aliphatic heterocycles. The second kappa shape index (κ2) is 6.91. The Bertz CT molecular complexity index is 690. The van der Waals surface area contributed by atoms with Crippen LogP contribution in [0.4, 0.5) is 0 Å². The van der Waals surface area contributed by atoms with Crippen LogP contribution in [0.15, 0.2) is 40.9 Å². The first-order valence-electron chi connectivity index (χ1n) is 6.20. The number of hydrogen-bond donors (Lipinski definition) is 1. The highest BCUT2D eigenvalue weighted by atomic mass is 79.9. The second-order valence-corrected chi connectivity index (χ2v) is 5.85. The zero-order chi connectivity index (χ0) is 15.4. The molecule has 0 fully saturated rings. The highest BCUT2D eigenvalue weighted by Crippen LogP contribution is 2.21. The number of methoxy groups -OCH3 is 1. The average Bonchev–Trinajstić information content (AvgIpc) is 2.50. The smallest absolute Gasteiger partial charge is 0.325 e. The van der Waals surface area contributed by atoms with Gasteiger partial charge in [0.05, 0.1) is 7.11 Å². The van der Waals surface area contributed by atoms with Gasteiger partial charge in [0.1, 0.15) is 5.38 Å². The Kier molecular flexibility index (Phi) is 5.20. The fourth-order valence-corrected chi connectivity index (χ4v) is 2.40. The summed E-state index contributed by atoms with van der Waals surface area (Å²) in [5, 5.41) is 3.71. The summed E-state index contributed by atoms with van der Waals surface area (Å²) < 4.78 is 5.47. The standard InChI is InChI=1S/C15H13BrClNO3/c1-21-15(20)13(17)8-18-14(19)11-3-2-10-7-12(16)5-4-9(10)6-11/h2-7,13H,8H2,1H3,(H,18,19). The van der Waals surface area contributed by atoms with Gasteiger partial charge in [0, 0.05) is 16.6 Å². The van der Waals surface area contributed by atoms with Crippen molar-refractivity contribution in [2.24, 2.45) is 0 Å². The Labute approximate surface area is 135 Å². The molecule has 1 N–H and O–H groups in total. The number of amides is 1. The fourth-order valence-electron chi connectivity index (χ4n) is 1.85. The lowest BCUT2D eigenvalue weighted by Crippen LogP contribution is -2.34. The van der Waals surface area contributed by atoms with E-state index >= 15 is 0 Å². The van der Waals surface area contributed by atoms with Crippen LogP contribution in [0.3, 0.4) is 0 Å². The van der Waals surface area contributed by atoms with Gasteiger partial charge in [0.2, 0.25) is 0 Å². The first kappa shape index (κ1) is 15.8. The monoisotopic (exact) mass is 369 g/mol. The summed E-state index contributed by atoms with van der Waals surface area (Å²) in [7, 11) is 1.25. The molecule has 0 saturated carbocycles. The molecule has 21 heavy (non-hydrogen) atoms. The van der Waals surface area contributed by atoms with E-state index in [0.29, 0.717) is 5.56 Å². The molecule has 0 radical (unpaired) electrons. The van der Waals surface area contributed by atoms with E-state index in [1.165, 1.54) is 7.11 Å². The van der Waals surface area contributed by atoms with E-state index in [1.807, 2.05) is 24.3 Å². The quantitative estimate of drug-likeness (QED) is 0.664. The van der Waals surface area contributed by atoms with Crippen molar-refractivity contribution in [2.75, 3.05) is 13.7 Å². The van der Waals surface area contributed by atoms with Crippen LogP contribution in [0.1, 0.15) is 10.4 Å². The van der Waals surface area contributed by atoms with Gasteiger partial charge >= 0.3 is 5.97 Å². The second-order valence-electron chi connectivity index (χ2n) is 4.41. The first-order chi connectivity index (χ1) is 10.0. The maximum atomic E-state index is 12.0. The molecule has 0 saturated heterocycles. The molecule has 2 rings (SSSR count). The first-order valence-corrected chi connectivity index (χ1v) is 7.43. The van der Waals surface area contributed by atoms with Crippen LogP contribution in [0, 0.1) is 0 Å². The zero-order valence-corrected chi connectivity index (χ0v) is 13.6. The number of benzene rings is 2. The number of hydrogen-bond acceptors (Lipinski definition) is 3. The predicted octanol–water partition coefficient (Wildman–Crippen LogP) is 3.11. The molecule has 2 aromatic carbocycles. The maximum Gasteiger partial charge on any atom is 0.325 e.